The zero-order valence-electron chi connectivity index (χ0n) is 20.4. The van der Waals surface area contributed by atoms with E-state index in [1.165, 1.54) is 25.1 Å². The number of rotatable bonds is 2. The van der Waals surface area contributed by atoms with Crippen molar-refractivity contribution in [2.24, 2.45) is 0 Å². The summed E-state index contributed by atoms with van der Waals surface area (Å²) in [5, 5.41) is 14.8. The van der Waals surface area contributed by atoms with E-state index in [1.54, 1.807) is 53.8 Å². The van der Waals surface area contributed by atoms with E-state index in [9.17, 15) is 14.9 Å². The Labute approximate surface area is 226 Å². The van der Waals surface area contributed by atoms with Crippen molar-refractivity contribution in [2.45, 2.75) is 0 Å². The number of hydrogen-bond acceptors (Lipinski definition) is 4. The van der Waals surface area contributed by atoms with E-state index in [0.29, 0.717) is 28.1 Å². The summed E-state index contributed by atoms with van der Waals surface area (Å²) in [6.45, 7) is 0. The summed E-state index contributed by atoms with van der Waals surface area (Å²) in [5.41, 5.74) is 3.83. The van der Waals surface area contributed by atoms with Crippen LogP contribution in [0.25, 0.3) is 47.7 Å². The van der Waals surface area contributed by atoms with Gasteiger partial charge in [-0.2, -0.15) is 5.26 Å². The van der Waals surface area contributed by atoms with Crippen molar-refractivity contribution < 1.29 is 9.59 Å². The largest absolute Gasteiger partial charge is 0.306 e. The van der Waals surface area contributed by atoms with Gasteiger partial charge in [-0.1, -0.05) is 60.7 Å². The highest BCUT2D eigenvalue weighted by atomic mass is 32.1. The molecule has 6 heteroatoms. The molecule has 5 aromatic carbocycles. The van der Waals surface area contributed by atoms with Gasteiger partial charge in [-0.15, -0.1) is 11.3 Å². The maximum absolute atomic E-state index is 13.5. The lowest BCUT2D eigenvalue weighted by atomic mass is 10.1. The molecular weight excluding hydrogens is 502 g/mol. The summed E-state index contributed by atoms with van der Waals surface area (Å²) in [5.74, 6) is -0.779. The molecule has 1 aliphatic heterocycles. The Morgan fingerprint density at radius 3 is 2.10 bits per heavy atom. The fourth-order valence-corrected chi connectivity index (χ4v) is 7.18. The molecule has 0 radical (unpaired) electrons. The summed E-state index contributed by atoms with van der Waals surface area (Å²) < 4.78 is 4.41. The van der Waals surface area contributed by atoms with Crippen LogP contribution in [0.1, 0.15) is 26.3 Å². The van der Waals surface area contributed by atoms with Crippen molar-refractivity contribution in [1.29, 1.82) is 5.26 Å². The summed E-state index contributed by atoms with van der Waals surface area (Å²) in [7, 11) is 0. The minimum absolute atomic E-state index is 0.366. The van der Waals surface area contributed by atoms with Gasteiger partial charge in [0.05, 0.1) is 39.1 Å². The Balaban J connectivity index is 1.50. The van der Waals surface area contributed by atoms with Crippen molar-refractivity contribution in [1.82, 2.24) is 4.57 Å². The zero-order valence-corrected chi connectivity index (χ0v) is 21.2. The number of carbonyl (C=O) groups is 2. The quantitative estimate of drug-likeness (QED) is 0.219. The van der Waals surface area contributed by atoms with Crippen LogP contribution in [0.5, 0.6) is 0 Å². The molecule has 0 atom stereocenters. The Morgan fingerprint density at radius 2 is 1.33 bits per heavy atom. The van der Waals surface area contributed by atoms with Crippen LogP contribution in [0.4, 0.5) is 5.69 Å². The van der Waals surface area contributed by atoms with Gasteiger partial charge < -0.3 is 4.57 Å². The average Bonchev–Trinajstić information content (AvgIpc) is 3.60. The molecule has 0 fully saturated rings. The smallest absolute Gasteiger partial charge is 0.266 e. The molecular formula is C33H17N3O2S. The molecule has 1 aliphatic rings. The molecule has 0 N–H and O–H groups in total. The summed E-state index contributed by atoms with van der Waals surface area (Å²) >= 11 is 1.75. The molecule has 0 spiro atoms. The predicted octanol–water partition coefficient (Wildman–Crippen LogP) is 7.82. The maximum atomic E-state index is 13.5. The van der Waals surface area contributed by atoms with Crippen LogP contribution >= 0.6 is 11.3 Å². The minimum Gasteiger partial charge on any atom is -0.306 e. The van der Waals surface area contributed by atoms with Crippen LogP contribution < -0.4 is 4.90 Å². The first kappa shape index (κ1) is 21.8. The van der Waals surface area contributed by atoms with Gasteiger partial charge in [-0.25, -0.2) is 4.90 Å². The van der Waals surface area contributed by atoms with Gasteiger partial charge >= 0.3 is 0 Å². The van der Waals surface area contributed by atoms with Crippen molar-refractivity contribution in [3.05, 3.63) is 120 Å². The van der Waals surface area contributed by atoms with Crippen molar-refractivity contribution >= 4 is 70.8 Å². The molecule has 0 unspecified atom stereocenters. The van der Waals surface area contributed by atoms with Gasteiger partial charge in [0.1, 0.15) is 6.07 Å². The number of imide groups is 1. The number of amides is 2. The number of fused-ring (bicyclic) bond motifs is 8. The second kappa shape index (κ2) is 7.87. The van der Waals surface area contributed by atoms with E-state index in [2.05, 4.69) is 48.5 Å². The first-order valence-electron chi connectivity index (χ1n) is 12.5. The van der Waals surface area contributed by atoms with E-state index in [0.717, 1.165) is 21.8 Å². The summed E-state index contributed by atoms with van der Waals surface area (Å²) in [6, 6.07) is 35.1. The van der Waals surface area contributed by atoms with E-state index in [4.69, 9.17) is 0 Å². The number of benzene rings is 5. The van der Waals surface area contributed by atoms with E-state index < -0.39 is 0 Å². The average molecular weight is 520 g/mol. The number of nitrogens with zero attached hydrogens (tertiary/aromatic N) is 3. The lowest BCUT2D eigenvalue weighted by Gasteiger charge is -2.21. The molecule has 0 bridgehead atoms. The third-order valence-corrected chi connectivity index (χ3v) is 8.78. The number of anilines is 1. The zero-order chi connectivity index (χ0) is 26.2. The Morgan fingerprint density at radius 1 is 0.641 bits per heavy atom. The molecule has 0 saturated heterocycles. The topological polar surface area (TPSA) is 66.1 Å². The first-order chi connectivity index (χ1) is 19.2. The van der Waals surface area contributed by atoms with Crippen LogP contribution in [0, 0.1) is 11.3 Å². The molecule has 7 aromatic rings. The molecule has 5 nitrogen and oxygen atoms in total. The second-order valence-electron chi connectivity index (χ2n) is 9.56. The highest BCUT2D eigenvalue weighted by Crippen LogP contribution is 2.45. The Hall–Kier alpha value is -5.25. The van der Waals surface area contributed by atoms with Crippen molar-refractivity contribution in [2.75, 3.05) is 4.90 Å². The SMILES string of the molecule is N#Cc1cccc(N2C(=O)c3ccccc3C2=O)c1-n1c2ccccc2c2c3sc4ccccc4c3ccc21. The van der Waals surface area contributed by atoms with Crippen LogP contribution in [0.3, 0.4) is 0 Å². The minimum atomic E-state index is -0.389. The number of thiophene rings is 1. The van der Waals surface area contributed by atoms with Gasteiger partial charge in [-0.05, 0) is 42.5 Å². The standard InChI is InChI=1S/C33H17N3O2S/c34-18-19-8-7-14-27(36-32(37)22-10-1-2-11-23(22)33(36)38)30(19)35-25-13-5-3-12-24(25)29-26(35)17-16-21-20-9-4-6-15-28(20)39-31(21)29/h1-17H. The second-order valence-corrected chi connectivity index (χ2v) is 10.6. The van der Waals surface area contributed by atoms with E-state index in [1.807, 2.05) is 22.8 Å². The fourth-order valence-electron chi connectivity index (χ4n) is 5.92. The van der Waals surface area contributed by atoms with Crippen LogP contribution in [-0.4, -0.2) is 16.4 Å². The number of para-hydroxylation sites is 2. The third kappa shape index (κ3) is 2.82. The molecule has 8 rings (SSSR count). The number of carbonyl (C=O) groups excluding carboxylic acids is 2. The number of hydrogen-bond donors (Lipinski definition) is 0. The number of aromatic nitrogens is 1. The highest BCUT2D eigenvalue weighted by molar-refractivity contribution is 7.26. The monoisotopic (exact) mass is 519 g/mol. The van der Waals surface area contributed by atoms with Gasteiger partial charge in [0.25, 0.3) is 11.8 Å². The van der Waals surface area contributed by atoms with E-state index in [-0.39, 0.29) is 11.8 Å². The van der Waals surface area contributed by atoms with E-state index >= 15 is 0 Å². The summed E-state index contributed by atoms with van der Waals surface area (Å²) in [6.07, 6.45) is 0. The first-order valence-corrected chi connectivity index (χ1v) is 13.3. The molecule has 0 saturated carbocycles. The molecule has 2 amide bonds. The van der Waals surface area contributed by atoms with Crippen LogP contribution in [0.15, 0.2) is 103 Å². The predicted molar refractivity (Wildman–Crippen MR) is 156 cm³/mol. The molecule has 182 valence electrons. The summed E-state index contributed by atoms with van der Waals surface area (Å²) in [4.78, 5) is 28.3. The van der Waals surface area contributed by atoms with Gasteiger partial charge in [0, 0.05) is 30.9 Å². The normalized spacial score (nSPS) is 13.2. The lowest BCUT2D eigenvalue weighted by molar-refractivity contribution is 0.0926. The molecule has 0 aliphatic carbocycles. The van der Waals surface area contributed by atoms with Gasteiger partial charge in [0.15, 0.2) is 0 Å². The lowest BCUT2D eigenvalue weighted by Crippen LogP contribution is -2.30. The van der Waals surface area contributed by atoms with Crippen molar-refractivity contribution in [3.8, 4) is 11.8 Å². The highest BCUT2D eigenvalue weighted by Gasteiger charge is 2.38. The maximum Gasteiger partial charge on any atom is 0.266 e. The van der Waals surface area contributed by atoms with Crippen LogP contribution in [-0.2, 0) is 0 Å². The van der Waals surface area contributed by atoms with Crippen molar-refractivity contribution in [3.63, 3.8) is 0 Å². The third-order valence-electron chi connectivity index (χ3n) is 7.57. The number of nitriles is 1. The Bertz CT molecular complexity index is 2210. The van der Waals surface area contributed by atoms with Gasteiger partial charge in [-0.3, -0.25) is 9.59 Å². The Kier molecular flexibility index (Phi) is 4.40. The van der Waals surface area contributed by atoms with Crippen LogP contribution in [0.2, 0.25) is 0 Å². The fraction of sp³-hybridized carbons (Fsp3) is 0. The van der Waals surface area contributed by atoms with Gasteiger partial charge in [0.2, 0.25) is 0 Å². The molecule has 3 heterocycles. The molecule has 2 aromatic heterocycles. The molecule has 39 heavy (non-hydrogen) atoms.